The van der Waals surface area contributed by atoms with Crippen LogP contribution in [-0.4, -0.2) is 45.1 Å². The molecule has 0 heterocycles. The number of rotatable bonds is 6. The normalized spacial score (nSPS) is 12.1. The van der Waals surface area contributed by atoms with Crippen molar-refractivity contribution < 1.29 is 18.3 Å². The van der Waals surface area contributed by atoms with Crippen LogP contribution in [0.15, 0.2) is 17.0 Å². The summed E-state index contributed by atoms with van der Waals surface area (Å²) >= 11 is 0. The summed E-state index contributed by atoms with van der Waals surface area (Å²) in [6.07, 6.45) is 0. The van der Waals surface area contributed by atoms with E-state index >= 15 is 0 Å². The Labute approximate surface area is 114 Å². The lowest BCUT2D eigenvalue weighted by Gasteiger charge is -2.19. The summed E-state index contributed by atoms with van der Waals surface area (Å²) < 4.78 is 31.0. The first kappa shape index (κ1) is 16.1. The monoisotopic (exact) mass is 287 g/mol. The second-order valence-electron chi connectivity index (χ2n) is 4.52. The first-order chi connectivity index (χ1) is 8.84. The van der Waals surface area contributed by atoms with Crippen molar-refractivity contribution in [2.75, 3.05) is 27.3 Å². The number of sulfonamides is 1. The van der Waals surface area contributed by atoms with E-state index in [1.54, 1.807) is 19.1 Å². The highest BCUT2D eigenvalue weighted by Crippen LogP contribution is 2.23. The van der Waals surface area contributed by atoms with E-state index in [-0.39, 0.29) is 11.5 Å². The average Bonchev–Trinajstić information content (AvgIpc) is 2.35. The molecule has 0 atom stereocenters. The molecule has 0 radical (unpaired) electrons. The number of hydrogen-bond donors (Lipinski definition) is 1. The molecule has 0 spiro atoms. The molecule has 0 bridgehead atoms. The lowest BCUT2D eigenvalue weighted by molar-refractivity contribution is 0.185. The van der Waals surface area contributed by atoms with Gasteiger partial charge in [-0.15, -0.1) is 0 Å². The maximum atomic E-state index is 12.4. The minimum Gasteiger partial charge on any atom is -0.392 e. The highest BCUT2D eigenvalue weighted by atomic mass is 32.2. The van der Waals surface area contributed by atoms with E-state index in [2.05, 4.69) is 0 Å². The van der Waals surface area contributed by atoms with Gasteiger partial charge in [-0.25, -0.2) is 8.42 Å². The Morgan fingerprint density at radius 3 is 2.42 bits per heavy atom. The van der Waals surface area contributed by atoms with Gasteiger partial charge in [-0.1, -0.05) is 6.07 Å². The van der Waals surface area contributed by atoms with Gasteiger partial charge in [0.1, 0.15) is 0 Å². The molecule has 5 nitrogen and oxygen atoms in total. The van der Waals surface area contributed by atoms with Crippen LogP contribution in [0, 0.1) is 13.8 Å². The van der Waals surface area contributed by atoms with Crippen molar-refractivity contribution in [3.8, 4) is 0 Å². The Kier molecular flexibility index (Phi) is 5.49. The topological polar surface area (TPSA) is 66.8 Å². The van der Waals surface area contributed by atoms with Crippen molar-refractivity contribution in [1.29, 1.82) is 0 Å². The number of aliphatic hydroxyl groups is 1. The zero-order valence-electron chi connectivity index (χ0n) is 11.8. The number of ether oxygens (including phenoxy) is 1. The van der Waals surface area contributed by atoms with Gasteiger partial charge in [0.05, 0.1) is 18.1 Å². The van der Waals surface area contributed by atoms with E-state index < -0.39 is 10.0 Å². The van der Waals surface area contributed by atoms with Crippen LogP contribution in [-0.2, 0) is 21.4 Å². The third kappa shape index (κ3) is 3.54. The van der Waals surface area contributed by atoms with Crippen molar-refractivity contribution >= 4 is 10.0 Å². The third-order valence-electron chi connectivity index (χ3n) is 3.10. The lowest BCUT2D eigenvalue weighted by atomic mass is 10.1. The van der Waals surface area contributed by atoms with Gasteiger partial charge < -0.3 is 9.84 Å². The molecule has 1 N–H and O–H groups in total. The summed E-state index contributed by atoms with van der Waals surface area (Å²) in [7, 11) is -0.500. The molecule has 0 fully saturated rings. The number of methoxy groups -OCH3 is 1. The molecule has 1 aromatic carbocycles. The van der Waals surface area contributed by atoms with Crippen molar-refractivity contribution in [2.45, 2.75) is 25.3 Å². The Hall–Kier alpha value is -0.950. The molecular formula is C13H21NO4S. The van der Waals surface area contributed by atoms with Gasteiger partial charge in [0.25, 0.3) is 0 Å². The van der Waals surface area contributed by atoms with Crippen molar-refractivity contribution in [3.63, 3.8) is 0 Å². The molecule has 0 aliphatic rings. The smallest absolute Gasteiger partial charge is 0.243 e. The fourth-order valence-corrected chi connectivity index (χ4v) is 3.24. The second kappa shape index (κ2) is 6.47. The van der Waals surface area contributed by atoms with Crippen LogP contribution in [0.5, 0.6) is 0 Å². The quantitative estimate of drug-likeness (QED) is 0.849. The van der Waals surface area contributed by atoms with E-state index in [0.29, 0.717) is 24.3 Å². The Morgan fingerprint density at radius 1 is 1.26 bits per heavy atom. The molecule has 19 heavy (non-hydrogen) atoms. The molecule has 0 amide bonds. The van der Waals surface area contributed by atoms with E-state index in [0.717, 1.165) is 5.56 Å². The van der Waals surface area contributed by atoms with Crippen LogP contribution in [0.4, 0.5) is 0 Å². The zero-order chi connectivity index (χ0) is 14.6. The molecule has 0 saturated heterocycles. The molecular weight excluding hydrogens is 266 g/mol. The number of likely N-dealkylation sites (N-methyl/N-ethyl adjacent to an activating group) is 1. The van der Waals surface area contributed by atoms with Crippen molar-refractivity contribution in [3.05, 3.63) is 28.8 Å². The van der Waals surface area contributed by atoms with Crippen molar-refractivity contribution in [2.24, 2.45) is 0 Å². The SMILES string of the molecule is COCCN(C)S(=O)(=O)c1cc(CO)c(C)cc1C. The minimum atomic E-state index is -3.55. The molecule has 0 saturated carbocycles. The van der Waals surface area contributed by atoms with Gasteiger partial charge in [0.15, 0.2) is 0 Å². The van der Waals surface area contributed by atoms with Gasteiger partial charge in [-0.2, -0.15) is 4.31 Å². The standard InChI is InChI=1S/C13H21NO4S/c1-10-7-11(2)13(8-12(10)9-15)19(16,17)14(3)5-6-18-4/h7-8,15H,5-6,9H2,1-4H3. The highest BCUT2D eigenvalue weighted by molar-refractivity contribution is 7.89. The number of aliphatic hydroxyl groups excluding tert-OH is 1. The molecule has 1 aromatic rings. The summed E-state index contributed by atoms with van der Waals surface area (Å²) in [5.74, 6) is 0. The maximum Gasteiger partial charge on any atom is 0.243 e. The Morgan fingerprint density at radius 2 is 1.89 bits per heavy atom. The van der Waals surface area contributed by atoms with Gasteiger partial charge in [0.2, 0.25) is 10.0 Å². The highest BCUT2D eigenvalue weighted by Gasteiger charge is 2.23. The minimum absolute atomic E-state index is 0.170. The zero-order valence-corrected chi connectivity index (χ0v) is 12.6. The fraction of sp³-hybridized carbons (Fsp3) is 0.538. The maximum absolute atomic E-state index is 12.4. The van der Waals surface area contributed by atoms with Crippen LogP contribution < -0.4 is 0 Å². The first-order valence-corrected chi connectivity index (χ1v) is 7.44. The molecule has 0 aliphatic heterocycles. The Balaban J connectivity index is 3.21. The fourth-order valence-electron chi connectivity index (χ4n) is 1.83. The van der Waals surface area contributed by atoms with Crippen molar-refractivity contribution in [1.82, 2.24) is 4.31 Å². The van der Waals surface area contributed by atoms with Crippen LogP contribution in [0.1, 0.15) is 16.7 Å². The summed E-state index contributed by atoms with van der Waals surface area (Å²) in [6, 6.07) is 3.33. The van der Waals surface area contributed by atoms with Crippen LogP contribution in [0.2, 0.25) is 0 Å². The number of hydrogen-bond acceptors (Lipinski definition) is 4. The predicted molar refractivity (Wildman–Crippen MR) is 73.5 cm³/mol. The van der Waals surface area contributed by atoms with Gasteiger partial charge >= 0.3 is 0 Å². The molecule has 0 unspecified atom stereocenters. The summed E-state index contributed by atoms with van der Waals surface area (Å²) in [4.78, 5) is 0.237. The number of nitrogens with zero attached hydrogens (tertiary/aromatic N) is 1. The van der Waals surface area contributed by atoms with Crippen LogP contribution in [0.25, 0.3) is 0 Å². The second-order valence-corrected chi connectivity index (χ2v) is 6.53. The average molecular weight is 287 g/mol. The predicted octanol–water partition coefficient (Wildman–Crippen LogP) is 1.06. The number of aryl methyl sites for hydroxylation is 2. The first-order valence-electron chi connectivity index (χ1n) is 6.00. The van der Waals surface area contributed by atoms with Gasteiger partial charge in [-0.05, 0) is 36.6 Å². The van der Waals surface area contributed by atoms with E-state index in [1.165, 1.54) is 18.5 Å². The third-order valence-corrected chi connectivity index (χ3v) is 5.10. The molecule has 0 aromatic heterocycles. The molecule has 0 aliphatic carbocycles. The molecule has 6 heteroatoms. The van der Waals surface area contributed by atoms with Crippen LogP contribution in [0.3, 0.4) is 0 Å². The van der Waals surface area contributed by atoms with E-state index in [9.17, 15) is 13.5 Å². The number of benzene rings is 1. The van der Waals surface area contributed by atoms with Gasteiger partial charge in [-0.3, -0.25) is 0 Å². The van der Waals surface area contributed by atoms with Gasteiger partial charge in [0, 0.05) is 20.7 Å². The summed E-state index contributed by atoms with van der Waals surface area (Å²) in [5, 5.41) is 9.25. The lowest BCUT2D eigenvalue weighted by Crippen LogP contribution is -2.30. The Bertz CT molecular complexity index is 540. The van der Waals surface area contributed by atoms with E-state index in [4.69, 9.17) is 4.74 Å². The summed E-state index contributed by atoms with van der Waals surface area (Å²) in [6.45, 7) is 4.07. The summed E-state index contributed by atoms with van der Waals surface area (Å²) in [5.41, 5.74) is 2.20. The molecule has 1 rings (SSSR count). The largest absolute Gasteiger partial charge is 0.392 e. The molecule has 108 valence electrons. The van der Waals surface area contributed by atoms with Crippen LogP contribution >= 0.6 is 0 Å². The van der Waals surface area contributed by atoms with E-state index in [1.807, 2.05) is 6.92 Å².